The largest absolute Gasteiger partial charge is 0.0884 e. The molecule has 0 aliphatic rings. The van der Waals surface area contributed by atoms with E-state index in [2.05, 4.69) is 26.0 Å². The summed E-state index contributed by atoms with van der Waals surface area (Å²) in [5.74, 6) is 0. The second kappa shape index (κ2) is 4.63. The Morgan fingerprint density at radius 1 is 1.62 bits per heavy atom. The van der Waals surface area contributed by atoms with E-state index in [9.17, 15) is 0 Å². The van der Waals surface area contributed by atoms with E-state index in [0.717, 1.165) is 6.42 Å². The Hall–Kier alpha value is -0.520. The van der Waals surface area contributed by atoms with Crippen molar-refractivity contribution in [2.24, 2.45) is 0 Å². The van der Waals surface area contributed by atoms with Gasteiger partial charge >= 0.3 is 0 Å². The van der Waals surface area contributed by atoms with Crippen LogP contribution in [-0.4, -0.2) is 0 Å². The Morgan fingerprint density at radius 3 is 2.62 bits per heavy atom. The predicted molar refractivity (Wildman–Crippen MR) is 38.5 cm³/mol. The van der Waals surface area contributed by atoms with Crippen molar-refractivity contribution in [1.29, 1.82) is 0 Å². The van der Waals surface area contributed by atoms with Crippen LogP contribution in [0, 0.1) is 6.92 Å². The second-order valence-electron chi connectivity index (χ2n) is 1.81. The lowest BCUT2D eigenvalue weighted by molar-refractivity contribution is 1.20. The lowest BCUT2D eigenvalue weighted by Gasteiger charge is -1.88. The molecule has 1 radical (unpaired) electrons. The van der Waals surface area contributed by atoms with Gasteiger partial charge in [-0.3, -0.25) is 0 Å². The van der Waals surface area contributed by atoms with E-state index in [1.807, 2.05) is 13.0 Å². The molecule has 0 aromatic rings. The molecular formula is C8H13. The van der Waals surface area contributed by atoms with Gasteiger partial charge in [-0.15, -0.1) is 0 Å². The van der Waals surface area contributed by atoms with Crippen LogP contribution in [0.1, 0.15) is 20.3 Å². The van der Waals surface area contributed by atoms with Gasteiger partial charge in [-0.2, -0.15) is 0 Å². The van der Waals surface area contributed by atoms with E-state index in [1.165, 1.54) is 5.57 Å². The topological polar surface area (TPSA) is 0 Å². The van der Waals surface area contributed by atoms with Crippen LogP contribution in [-0.2, 0) is 0 Å². The van der Waals surface area contributed by atoms with E-state index in [4.69, 9.17) is 0 Å². The van der Waals surface area contributed by atoms with Gasteiger partial charge < -0.3 is 0 Å². The molecule has 0 fully saturated rings. The first-order chi connectivity index (χ1) is 3.81. The number of rotatable bonds is 2. The minimum absolute atomic E-state index is 1.04. The summed E-state index contributed by atoms with van der Waals surface area (Å²) >= 11 is 0. The Bertz CT molecular complexity index is 96.6. The highest BCUT2D eigenvalue weighted by molar-refractivity contribution is 5.03. The molecule has 0 spiro atoms. The maximum atomic E-state index is 3.58. The molecule has 0 aromatic carbocycles. The molecule has 0 aliphatic carbocycles. The van der Waals surface area contributed by atoms with Crippen LogP contribution < -0.4 is 0 Å². The molecule has 8 heavy (non-hydrogen) atoms. The summed E-state index contributed by atoms with van der Waals surface area (Å²) in [5.41, 5.74) is 1.39. The monoisotopic (exact) mass is 109 g/mol. The molecule has 0 nitrogen and oxygen atoms in total. The summed E-state index contributed by atoms with van der Waals surface area (Å²) in [4.78, 5) is 0. The standard InChI is InChI=1S/C8H13/c1-4-6-7-8(3)5-2/h4-6H,1,7H2,2-3H3/b6-4+,8-5+. The Kier molecular flexibility index (Phi) is 4.33. The van der Waals surface area contributed by atoms with Crippen molar-refractivity contribution in [2.75, 3.05) is 0 Å². The van der Waals surface area contributed by atoms with Gasteiger partial charge in [0.2, 0.25) is 0 Å². The van der Waals surface area contributed by atoms with Crippen molar-refractivity contribution < 1.29 is 0 Å². The number of hydrogen-bond donors (Lipinski definition) is 0. The molecule has 0 unspecified atom stereocenters. The van der Waals surface area contributed by atoms with Crippen LogP contribution in [0.25, 0.3) is 0 Å². The van der Waals surface area contributed by atoms with Crippen LogP contribution in [0.15, 0.2) is 23.8 Å². The van der Waals surface area contributed by atoms with Crippen LogP contribution >= 0.6 is 0 Å². The van der Waals surface area contributed by atoms with Crippen LogP contribution in [0.3, 0.4) is 0 Å². The van der Waals surface area contributed by atoms with Crippen LogP contribution in [0.4, 0.5) is 0 Å². The van der Waals surface area contributed by atoms with Gasteiger partial charge in [0.1, 0.15) is 0 Å². The normalized spacial score (nSPS) is 13.1. The first-order valence-corrected chi connectivity index (χ1v) is 2.87. The molecule has 45 valence electrons. The van der Waals surface area contributed by atoms with E-state index in [0.29, 0.717) is 0 Å². The molecule has 0 bridgehead atoms. The summed E-state index contributed by atoms with van der Waals surface area (Å²) in [6.45, 7) is 7.74. The molecule has 0 rings (SSSR count). The van der Waals surface area contributed by atoms with Gasteiger partial charge in [-0.25, -0.2) is 0 Å². The van der Waals surface area contributed by atoms with Crippen molar-refractivity contribution >= 4 is 0 Å². The third kappa shape index (κ3) is 3.66. The highest BCUT2D eigenvalue weighted by atomic mass is 13.8. The highest BCUT2D eigenvalue weighted by Gasteiger charge is 1.77. The fourth-order valence-corrected chi connectivity index (χ4v) is 0.387. The van der Waals surface area contributed by atoms with Crippen molar-refractivity contribution in [3.8, 4) is 0 Å². The van der Waals surface area contributed by atoms with Gasteiger partial charge in [-0.05, 0) is 27.2 Å². The van der Waals surface area contributed by atoms with E-state index < -0.39 is 0 Å². The average Bonchev–Trinajstić information content (AvgIpc) is 1.83. The van der Waals surface area contributed by atoms with Crippen molar-refractivity contribution in [1.82, 2.24) is 0 Å². The molecule has 0 N–H and O–H groups in total. The van der Waals surface area contributed by atoms with Crippen LogP contribution in [0.2, 0.25) is 0 Å². The molecule has 0 heterocycles. The second-order valence-corrected chi connectivity index (χ2v) is 1.81. The highest BCUT2D eigenvalue weighted by Crippen LogP contribution is 1.98. The SMILES string of the molecule is [CH2]/C=C/C/C(C)=C/C. The fourth-order valence-electron chi connectivity index (χ4n) is 0.387. The van der Waals surface area contributed by atoms with Crippen molar-refractivity contribution in [3.63, 3.8) is 0 Å². The number of allylic oxidation sites excluding steroid dienone is 4. The maximum absolute atomic E-state index is 3.58. The van der Waals surface area contributed by atoms with Crippen molar-refractivity contribution in [2.45, 2.75) is 20.3 Å². The molecule has 0 heteroatoms. The number of hydrogen-bond acceptors (Lipinski definition) is 0. The van der Waals surface area contributed by atoms with E-state index in [-0.39, 0.29) is 0 Å². The molecule has 0 atom stereocenters. The van der Waals surface area contributed by atoms with Gasteiger partial charge in [-0.1, -0.05) is 23.8 Å². The first-order valence-electron chi connectivity index (χ1n) is 2.87. The molecule has 0 saturated heterocycles. The Labute approximate surface area is 51.9 Å². The maximum Gasteiger partial charge on any atom is -0.0142 e. The molecule has 0 amide bonds. The average molecular weight is 109 g/mol. The lowest BCUT2D eigenvalue weighted by Crippen LogP contribution is -1.67. The van der Waals surface area contributed by atoms with Crippen molar-refractivity contribution in [3.05, 3.63) is 30.7 Å². The zero-order valence-electron chi connectivity index (χ0n) is 5.65. The molecule has 0 saturated carbocycles. The van der Waals surface area contributed by atoms with Gasteiger partial charge in [0, 0.05) is 0 Å². The zero-order valence-corrected chi connectivity index (χ0v) is 5.65. The fraction of sp³-hybridized carbons (Fsp3) is 0.375. The van der Waals surface area contributed by atoms with E-state index >= 15 is 0 Å². The predicted octanol–water partition coefficient (Wildman–Crippen LogP) is 2.73. The smallest absolute Gasteiger partial charge is 0.0142 e. The third-order valence-electron chi connectivity index (χ3n) is 1.10. The minimum atomic E-state index is 1.04. The summed E-state index contributed by atoms with van der Waals surface area (Å²) in [7, 11) is 0. The first kappa shape index (κ1) is 7.48. The molecular weight excluding hydrogens is 96.1 g/mol. The lowest BCUT2D eigenvalue weighted by atomic mass is 10.2. The van der Waals surface area contributed by atoms with Gasteiger partial charge in [0.15, 0.2) is 0 Å². The van der Waals surface area contributed by atoms with E-state index in [1.54, 1.807) is 0 Å². The molecule has 0 aliphatic heterocycles. The minimum Gasteiger partial charge on any atom is -0.0884 e. The van der Waals surface area contributed by atoms with Gasteiger partial charge in [0.05, 0.1) is 0 Å². The summed E-state index contributed by atoms with van der Waals surface area (Å²) in [5, 5.41) is 0. The zero-order chi connectivity index (χ0) is 6.41. The summed E-state index contributed by atoms with van der Waals surface area (Å²) in [6, 6.07) is 0. The third-order valence-corrected chi connectivity index (χ3v) is 1.10. The molecule has 0 aromatic heterocycles. The van der Waals surface area contributed by atoms with Crippen LogP contribution in [0.5, 0.6) is 0 Å². The summed E-state index contributed by atoms with van der Waals surface area (Å²) in [6.07, 6.45) is 7.03. The summed E-state index contributed by atoms with van der Waals surface area (Å²) < 4.78 is 0. The Balaban J connectivity index is 3.40. The Morgan fingerprint density at radius 2 is 2.25 bits per heavy atom. The van der Waals surface area contributed by atoms with Gasteiger partial charge in [0.25, 0.3) is 0 Å². The quantitative estimate of drug-likeness (QED) is 0.478.